The quantitative estimate of drug-likeness (QED) is 0.847. The number of rotatable bonds is 2. The number of halogens is 2. The third-order valence-electron chi connectivity index (χ3n) is 3.03. The van der Waals surface area contributed by atoms with Crippen LogP contribution in [0.1, 0.15) is 11.1 Å². The molecule has 0 unspecified atom stereocenters. The Morgan fingerprint density at radius 1 is 1.00 bits per heavy atom. The summed E-state index contributed by atoms with van der Waals surface area (Å²) in [5.74, 6) is -1.51. The highest BCUT2D eigenvalue weighted by Crippen LogP contribution is 2.19. The molecule has 2 aromatic rings. The summed E-state index contributed by atoms with van der Waals surface area (Å²) in [5.41, 5.74) is 2.54. The van der Waals surface area contributed by atoms with E-state index < -0.39 is 17.7 Å². The van der Waals surface area contributed by atoms with E-state index in [1.165, 1.54) is 6.07 Å². The van der Waals surface area contributed by atoms with Crippen molar-refractivity contribution in [1.82, 2.24) is 0 Å². The first-order valence-corrected chi connectivity index (χ1v) is 6.06. The van der Waals surface area contributed by atoms with Gasteiger partial charge in [0.25, 0.3) is 0 Å². The normalized spacial score (nSPS) is 10.2. The van der Waals surface area contributed by atoms with Crippen molar-refractivity contribution in [3.8, 4) is 0 Å². The van der Waals surface area contributed by atoms with Gasteiger partial charge in [0.05, 0.1) is 5.69 Å². The molecule has 0 aliphatic carbocycles. The predicted molar refractivity (Wildman–Crippen MR) is 74.9 cm³/mol. The molecule has 2 N–H and O–H groups in total. The van der Waals surface area contributed by atoms with E-state index in [1.54, 1.807) is 6.07 Å². The van der Waals surface area contributed by atoms with Crippen molar-refractivity contribution in [3.05, 3.63) is 59.2 Å². The van der Waals surface area contributed by atoms with Gasteiger partial charge in [0.1, 0.15) is 11.6 Å². The molecule has 104 valence electrons. The Hall–Kier alpha value is -2.43. The van der Waals surface area contributed by atoms with Crippen molar-refractivity contribution in [3.63, 3.8) is 0 Å². The van der Waals surface area contributed by atoms with E-state index in [1.807, 2.05) is 26.0 Å². The van der Waals surface area contributed by atoms with Gasteiger partial charge in [-0.25, -0.2) is 13.6 Å². The number of aryl methyl sites for hydroxylation is 1. The van der Waals surface area contributed by atoms with Gasteiger partial charge in [-0.2, -0.15) is 0 Å². The number of carbonyl (C=O) groups excluding carboxylic acids is 1. The van der Waals surface area contributed by atoms with E-state index in [0.29, 0.717) is 11.8 Å². The molecule has 0 saturated carbocycles. The van der Waals surface area contributed by atoms with Crippen LogP contribution in [0.4, 0.5) is 25.0 Å². The highest BCUT2D eigenvalue weighted by molar-refractivity contribution is 6.00. The summed E-state index contributed by atoms with van der Waals surface area (Å²) in [6.45, 7) is 3.81. The van der Waals surface area contributed by atoms with Crippen LogP contribution in [0.3, 0.4) is 0 Å². The van der Waals surface area contributed by atoms with Crippen LogP contribution in [0.5, 0.6) is 0 Å². The summed E-state index contributed by atoms with van der Waals surface area (Å²) < 4.78 is 26.2. The van der Waals surface area contributed by atoms with E-state index >= 15 is 0 Å². The maximum absolute atomic E-state index is 13.4. The summed E-state index contributed by atoms with van der Waals surface area (Å²) in [7, 11) is 0. The maximum atomic E-state index is 13.4. The minimum Gasteiger partial charge on any atom is -0.307 e. The molecule has 0 aliphatic rings. The number of urea groups is 1. The standard InChI is InChI=1S/C15H14F2N2O/c1-9-4-3-5-13(10(9)2)18-15(20)19-14-7-6-11(16)8-12(14)17/h3-8H,1-2H3,(H2,18,19,20). The third kappa shape index (κ3) is 3.12. The largest absolute Gasteiger partial charge is 0.323 e. The van der Waals surface area contributed by atoms with Gasteiger partial charge < -0.3 is 10.6 Å². The molecule has 0 radical (unpaired) electrons. The summed E-state index contributed by atoms with van der Waals surface area (Å²) >= 11 is 0. The lowest BCUT2D eigenvalue weighted by atomic mass is 10.1. The summed E-state index contributed by atoms with van der Waals surface area (Å²) in [6, 6.07) is 7.89. The van der Waals surface area contributed by atoms with Gasteiger partial charge in [-0.3, -0.25) is 0 Å². The van der Waals surface area contributed by atoms with Gasteiger partial charge in [0.15, 0.2) is 0 Å². The smallest absolute Gasteiger partial charge is 0.307 e. The summed E-state index contributed by atoms with van der Waals surface area (Å²) in [4.78, 5) is 11.8. The van der Waals surface area contributed by atoms with Crippen molar-refractivity contribution < 1.29 is 13.6 Å². The molecule has 0 atom stereocenters. The summed E-state index contributed by atoms with van der Waals surface area (Å²) in [5, 5.41) is 4.97. The average Bonchev–Trinajstić information content (AvgIpc) is 2.38. The van der Waals surface area contributed by atoms with Crippen LogP contribution in [0.15, 0.2) is 36.4 Å². The molecular weight excluding hydrogens is 262 g/mol. The van der Waals surface area contributed by atoms with Crippen molar-refractivity contribution in [1.29, 1.82) is 0 Å². The van der Waals surface area contributed by atoms with E-state index in [0.717, 1.165) is 17.2 Å². The summed E-state index contributed by atoms with van der Waals surface area (Å²) in [6.07, 6.45) is 0. The Morgan fingerprint density at radius 2 is 1.70 bits per heavy atom. The number of benzene rings is 2. The molecule has 2 rings (SSSR count). The number of carbonyl (C=O) groups is 1. The zero-order valence-electron chi connectivity index (χ0n) is 11.1. The highest BCUT2D eigenvalue weighted by atomic mass is 19.1. The number of amides is 2. The second kappa shape index (κ2) is 5.69. The number of hydrogen-bond donors (Lipinski definition) is 2. The topological polar surface area (TPSA) is 41.1 Å². The van der Waals surface area contributed by atoms with E-state index in [-0.39, 0.29) is 5.69 Å². The van der Waals surface area contributed by atoms with Crippen LogP contribution in [0, 0.1) is 25.5 Å². The van der Waals surface area contributed by atoms with Crippen LogP contribution >= 0.6 is 0 Å². The van der Waals surface area contributed by atoms with E-state index in [9.17, 15) is 13.6 Å². The lowest BCUT2D eigenvalue weighted by molar-refractivity contribution is 0.262. The fraction of sp³-hybridized carbons (Fsp3) is 0.133. The molecular formula is C15H14F2N2O. The van der Waals surface area contributed by atoms with Crippen LogP contribution in [-0.2, 0) is 0 Å². The Morgan fingerprint density at radius 3 is 2.40 bits per heavy atom. The van der Waals surface area contributed by atoms with Gasteiger partial charge in [-0.15, -0.1) is 0 Å². The molecule has 0 aliphatic heterocycles. The van der Waals surface area contributed by atoms with Crippen LogP contribution < -0.4 is 10.6 Å². The number of nitrogens with one attached hydrogen (secondary N) is 2. The van der Waals surface area contributed by atoms with Gasteiger partial charge in [-0.1, -0.05) is 12.1 Å². The van der Waals surface area contributed by atoms with Crippen LogP contribution in [-0.4, -0.2) is 6.03 Å². The van der Waals surface area contributed by atoms with Crippen LogP contribution in [0.25, 0.3) is 0 Å². The Labute approximate surface area is 115 Å². The van der Waals surface area contributed by atoms with Crippen molar-refractivity contribution in [2.45, 2.75) is 13.8 Å². The SMILES string of the molecule is Cc1cccc(NC(=O)Nc2ccc(F)cc2F)c1C. The second-order valence-electron chi connectivity index (χ2n) is 4.45. The average molecular weight is 276 g/mol. The zero-order valence-corrected chi connectivity index (χ0v) is 11.1. The number of hydrogen-bond acceptors (Lipinski definition) is 1. The third-order valence-corrected chi connectivity index (χ3v) is 3.03. The molecule has 0 bridgehead atoms. The lowest BCUT2D eigenvalue weighted by Crippen LogP contribution is -2.20. The van der Waals surface area contributed by atoms with E-state index in [2.05, 4.69) is 10.6 Å². The molecule has 2 aromatic carbocycles. The number of anilines is 2. The Balaban J connectivity index is 2.11. The molecule has 5 heteroatoms. The van der Waals surface area contributed by atoms with Gasteiger partial charge in [0, 0.05) is 11.8 Å². The molecule has 0 heterocycles. The monoisotopic (exact) mass is 276 g/mol. The first kappa shape index (κ1) is 14.0. The van der Waals surface area contributed by atoms with Gasteiger partial charge in [0.2, 0.25) is 0 Å². The van der Waals surface area contributed by atoms with Crippen molar-refractivity contribution in [2.75, 3.05) is 10.6 Å². The van der Waals surface area contributed by atoms with E-state index in [4.69, 9.17) is 0 Å². The minimum absolute atomic E-state index is 0.0748. The highest BCUT2D eigenvalue weighted by Gasteiger charge is 2.09. The Kier molecular flexibility index (Phi) is 3.98. The molecule has 0 spiro atoms. The second-order valence-corrected chi connectivity index (χ2v) is 4.45. The van der Waals surface area contributed by atoms with Gasteiger partial charge in [-0.05, 0) is 43.2 Å². The van der Waals surface area contributed by atoms with Gasteiger partial charge >= 0.3 is 6.03 Å². The molecule has 0 saturated heterocycles. The fourth-order valence-electron chi connectivity index (χ4n) is 1.75. The lowest BCUT2D eigenvalue weighted by Gasteiger charge is -2.11. The van der Waals surface area contributed by atoms with Crippen molar-refractivity contribution >= 4 is 17.4 Å². The molecule has 20 heavy (non-hydrogen) atoms. The maximum Gasteiger partial charge on any atom is 0.323 e. The molecule has 0 fully saturated rings. The van der Waals surface area contributed by atoms with Crippen LogP contribution in [0.2, 0.25) is 0 Å². The minimum atomic E-state index is -0.818. The molecule has 0 aromatic heterocycles. The first-order chi connectivity index (χ1) is 9.47. The molecule has 2 amide bonds. The zero-order chi connectivity index (χ0) is 14.7. The first-order valence-electron chi connectivity index (χ1n) is 6.06. The molecule has 3 nitrogen and oxygen atoms in total. The van der Waals surface area contributed by atoms with Crippen molar-refractivity contribution in [2.24, 2.45) is 0 Å². The Bertz CT molecular complexity index is 656. The predicted octanol–water partition coefficient (Wildman–Crippen LogP) is 4.23. The fourth-order valence-corrected chi connectivity index (χ4v) is 1.75.